The van der Waals surface area contributed by atoms with Gasteiger partial charge in [0.05, 0.1) is 0 Å². The second-order valence-electron chi connectivity index (χ2n) is 4.50. The molecule has 2 rings (SSSR count). The molecular formula is C15H16INO. The zero-order chi connectivity index (χ0) is 13.0. The number of hydrogen-bond acceptors (Lipinski definition) is 2. The zero-order valence-electron chi connectivity index (χ0n) is 10.2. The van der Waals surface area contributed by atoms with E-state index in [2.05, 4.69) is 34.0 Å². The van der Waals surface area contributed by atoms with E-state index < -0.39 is 5.60 Å². The van der Waals surface area contributed by atoms with Gasteiger partial charge in [-0.3, -0.25) is 0 Å². The van der Waals surface area contributed by atoms with Crippen molar-refractivity contribution >= 4 is 28.3 Å². The third kappa shape index (κ3) is 3.46. The van der Waals surface area contributed by atoms with Gasteiger partial charge >= 0.3 is 0 Å². The lowest BCUT2D eigenvalue weighted by Crippen LogP contribution is -2.30. The Morgan fingerprint density at radius 3 is 2.50 bits per heavy atom. The summed E-state index contributed by atoms with van der Waals surface area (Å²) < 4.78 is 1.18. The van der Waals surface area contributed by atoms with Crippen LogP contribution >= 0.6 is 22.6 Å². The van der Waals surface area contributed by atoms with E-state index in [1.54, 1.807) is 0 Å². The van der Waals surface area contributed by atoms with Gasteiger partial charge in [-0.2, -0.15) is 0 Å². The normalized spacial score (nSPS) is 13.9. The maximum absolute atomic E-state index is 10.5. The van der Waals surface area contributed by atoms with E-state index in [0.717, 1.165) is 11.3 Å². The van der Waals surface area contributed by atoms with Crippen LogP contribution in [-0.2, 0) is 5.60 Å². The summed E-state index contributed by atoms with van der Waals surface area (Å²) >= 11 is 2.28. The summed E-state index contributed by atoms with van der Waals surface area (Å²) in [4.78, 5) is 0. The molecule has 18 heavy (non-hydrogen) atoms. The quantitative estimate of drug-likeness (QED) is 0.823. The molecule has 0 saturated heterocycles. The Labute approximate surface area is 121 Å². The maximum atomic E-state index is 10.5. The van der Waals surface area contributed by atoms with E-state index in [9.17, 15) is 5.11 Å². The van der Waals surface area contributed by atoms with Crippen LogP contribution in [0.3, 0.4) is 0 Å². The molecular weight excluding hydrogens is 337 g/mol. The van der Waals surface area contributed by atoms with Crippen molar-refractivity contribution in [3.63, 3.8) is 0 Å². The first kappa shape index (κ1) is 13.4. The minimum Gasteiger partial charge on any atom is -0.384 e. The Morgan fingerprint density at radius 2 is 1.83 bits per heavy atom. The fourth-order valence-corrected chi connectivity index (χ4v) is 2.31. The molecule has 0 bridgehead atoms. The Kier molecular flexibility index (Phi) is 4.24. The molecule has 2 N–H and O–H groups in total. The average Bonchev–Trinajstić information content (AvgIpc) is 2.38. The summed E-state index contributed by atoms with van der Waals surface area (Å²) in [6.45, 7) is 2.31. The number of anilines is 1. The van der Waals surface area contributed by atoms with Crippen LogP contribution in [0.25, 0.3) is 0 Å². The fraction of sp³-hybridized carbons (Fsp3) is 0.200. The monoisotopic (exact) mass is 353 g/mol. The number of nitrogens with one attached hydrogen (secondary N) is 1. The molecule has 1 atom stereocenters. The summed E-state index contributed by atoms with van der Waals surface area (Å²) in [5.41, 5.74) is 1.07. The highest BCUT2D eigenvalue weighted by molar-refractivity contribution is 14.1. The van der Waals surface area contributed by atoms with Crippen LogP contribution in [0.15, 0.2) is 54.6 Å². The molecule has 2 aromatic carbocycles. The molecule has 0 saturated carbocycles. The van der Waals surface area contributed by atoms with Crippen molar-refractivity contribution in [2.75, 3.05) is 11.9 Å². The number of halogens is 1. The predicted octanol–water partition coefficient (Wildman–Crippen LogP) is 3.61. The van der Waals surface area contributed by atoms with Gasteiger partial charge in [0.15, 0.2) is 0 Å². The van der Waals surface area contributed by atoms with Gasteiger partial charge in [-0.05, 0) is 53.3 Å². The molecule has 1 unspecified atom stereocenters. The molecule has 0 amide bonds. The van der Waals surface area contributed by atoms with Crippen molar-refractivity contribution in [2.24, 2.45) is 0 Å². The van der Waals surface area contributed by atoms with Crippen LogP contribution in [0.5, 0.6) is 0 Å². The SMILES string of the molecule is CC(O)(CNc1cccc(I)c1)c1ccccc1. The second kappa shape index (κ2) is 5.71. The summed E-state index contributed by atoms with van der Waals surface area (Å²) in [7, 11) is 0. The molecule has 0 heterocycles. The third-order valence-electron chi connectivity index (χ3n) is 2.86. The lowest BCUT2D eigenvalue weighted by molar-refractivity contribution is 0.0715. The molecule has 2 nitrogen and oxygen atoms in total. The van der Waals surface area contributed by atoms with E-state index >= 15 is 0 Å². The molecule has 0 radical (unpaired) electrons. The summed E-state index contributed by atoms with van der Waals surface area (Å²) in [6.07, 6.45) is 0. The number of rotatable bonds is 4. The van der Waals surface area contributed by atoms with Crippen LogP contribution in [0.4, 0.5) is 5.69 Å². The predicted molar refractivity (Wildman–Crippen MR) is 83.7 cm³/mol. The summed E-state index contributed by atoms with van der Waals surface area (Å²) in [5.74, 6) is 0. The molecule has 94 valence electrons. The first-order valence-electron chi connectivity index (χ1n) is 5.85. The Balaban J connectivity index is 2.05. The molecule has 0 spiro atoms. The topological polar surface area (TPSA) is 32.3 Å². The van der Waals surface area contributed by atoms with Gasteiger partial charge in [0.1, 0.15) is 5.60 Å². The van der Waals surface area contributed by atoms with Crippen LogP contribution in [0.2, 0.25) is 0 Å². The second-order valence-corrected chi connectivity index (χ2v) is 5.75. The van der Waals surface area contributed by atoms with Crippen molar-refractivity contribution in [1.29, 1.82) is 0 Å². The molecule has 0 aliphatic rings. The van der Waals surface area contributed by atoms with Gasteiger partial charge in [-0.15, -0.1) is 0 Å². The molecule has 2 aromatic rings. The van der Waals surface area contributed by atoms with Gasteiger partial charge in [-0.1, -0.05) is 36.4 Å². The minimum absolute atomic E-state index is 0.483. The van der Waals surface area contributed by atoms with Gasteiger partial charge in [0, 0.05) is 15.8 Å². The number of hydrogen-bond donors (Lipinski definition) is 2. The largest absolute Gasteiger partial charge is 0.384 e. The van der Waals surface area contributed by atoms with E-state index in [0.29, 0.717) is 6.54 Å². The Morgan fingerprint density at radius 1 is 1.11 bits per heavy atom. The highest BCUT2D eigenvalue weighted by atomic mass is 127. The molecule has 0 aromatic heterocycles. The van der Waals surface area contributed by atoms with Crippen LogP contribution in [0.1, 0.15) is 12.5 Å². The minimum atomic E-state index is -0.872. The highest BCUT2D eigenvalue weighted by Crippen LogP contribution is 2.21. The number of aliphatic hydroxyl groups is 1. The third-order valence-corrected chi connectivity index (χ3v) is 3.53. The standard InChI is InChI=1S/C15H16INO/c1-15(18,12-6-3-2-4-7-12)11-17-14-9-5-8-13(16)10-14/h2-10,17-18H,11H2,1H3. The van der Waals surface area contributed by atoms with E-state index in [4.69, 9.17) is 0 Å². The van der Waals surface area contributed by atoms with Gasteiger partial charge in [0.25, 0.3) is 0 Å². The van der Waals surface area contributed by atoms with Crippen molar-refractivity contribution < 1.29 is 5.11 Å². The highest BCUT2D eigenvalue weighted by Gasteiger charge is 2.22. The molecule has 0 aliphatic carbocycles. The van der Waals surface area contributed by atoms with E-state index in [1.807, 2.05) is 55.5 Å². The average molecular weight is 353 g/mol. The lowest BCUT2D eigenvalue weighted by atomic mass is 9.96. The van der Waals surface area contributed by atoms with E-state index in [1.165, 1.54) is 3.57 Å². The first-order valence-corrected chi connectivity index (χ1v) is 6.93. The van der Waals surface area contributed by atoms with Crippen LogP contribution < -0.4 is 5.32 Å². The summed E-state index contributed by atoms with van der Waals surface area (Å²) in [5, 5.41) is 13.7. The van der Waals surface area contributed by atoms with Crippen molar-refractivity contribution in [1.82, 2.24) is 0 Å². The molecule has 0 fully saturated rings. The first-order chi connectivity index (χ1) is 8.58. The Bertz CT molecular complexity index is 511. The van der Waals surface area contributed by atoms with Crippen molar-refractivity contribution in [3.05, 3.63) is 63.7 Å². The summed E-state index contributed by atoms with van der Waals surface area (Å²) in [6, 6.07) is 17.8. The van der Waals surface area contributed by atoms with Gasteiger partial charge in [0.2, 0.25) is 0 Å². The van der Waals surface area contributed by atoms with Crippen LogP contribution in [-0.4, -0.2) is 11.7 Å². The van der Waals surface area contributed by atoms with Crippen LogP contribution in [0, 0.1) is 3.57 Å². The van der Waals surface area contributed by atoms with Gasteiger partial charge in [-0.25, -0.2) is 0 Å². The number of benzene rings is 2. The van der Waals surface area contributed by atoms with Crippen molar-refractivity contribution in [3.8, 4) is 0 Å². The zero-order valence-corrected chi connectivity index (χ0v) is 12.4. The maximum Gasteiger partial charge on any atom is 0.104 e. The smallest absolute Gasteiger partial charge is 0.104 e. The molecule has 3 heteroatoms. The fourth-order valence-electron chi connectivity index (χ4n) is 1.77. The Hall–Kier alpha value is -1.07. The van der Waals surface area contributed by atoms with Crippen molar-refractivity contribution in [2.45, 2.75) is 12.5 Å². The van der Waals surface area contributed by atoms with Gasteiger partial charge < -0.3 is 10.4 Å². The van der Waals surface area contributed by atoms with E-state index in [-0.39, 0.29) is 0 Å². The molecule has 0 aliphatic heterocycles. The lowest BCUT2D eigenvalue weighted by Gasteiger charge is -2.24.